The van der Waals surface area contributed by atoms with Gasteiger partial charge in [0.15, 0.2) is 5.58 Å². The summed E-state index contributed by atoms with van der Waals surface area (Å²) in [5.41, 5.74) is 13.5. The zero-order valence-electron chi connectivity index (χ0n) is 37.9. The number of fused-ring (bicyclic) bond motifs is 9. The molecule has 2 nitrogen and oxygen atoms in total. The van der Waals surface area contributed by atoms with Gasteiger partial charge < -0.3 is 8.98 Å². The van der Waals surface area contributed by atoms with Crippen molar-refractivity contribution in [1.29, 1.82) is 0 Å². The maximum absolute atomic E-state index is 8.39. The summed E-state index contributed by atoms with van der Waals surface area (Å²) in [5.74, 6) is 0. The van der Waals surface area contributed by atoms with Gasteiger partial charge in [-0.15, -0.1) is 0 Å². The molecule has 0 saturated carbocycles. The average Bonchev–Trinajstić information content (AvgIpc) is 3.97. The zero-order valence-corrected chi connectivity index (χ0v) is 31.9. The number of para-hydroxylation sites is 3. The number of aryl methyl sites for hydroxylation is 2. The lowest BCUT2D eigenvalue weighted by molar-refractivity contribution is 0.667. The Morgan fingerprint density at radius 3 is 1.73 bits per heavy atom. The number of benzene rings is 9. The van der Waals surface area contributed by atoms with E-state index < -0.39 is 19.1 Å². The van der Waals surface area contributed by atoms with Crippen molar-refractivity contribution in [3.63, 3.8) is 0 Å². The van der Waals surface area contributed by atoms with Crippen LogP contribution in [0.1, 0.15) is 41.6 Å². The molecule has 0 fully saturated rings. The average molecular weight is 760 g/mol. The molecule has 1 aliphatic carbocycles. The molecule has 2 heterocycles. The normalized spacial score (nSPS) is 15.0. The van der Waals surface area contributed by atoms with Gasteiger partial charge in [0.05, 0.1) is 22.1 Å². The molecular weight excluding hydrogens is 715 g/mol. The standard InChI is InChI=1S/C57H39NO/c1-36-23-30-44-45-31-24-37(2)34-51(45)57(50(44)33-36,41-15-7-4-8-16-41)42-28-25-39(26-29-42)43-18-11-19-47-48-20-12-22-54(56(48)59-55(43)47)58-52-21-10-9-17-46(52)49-35-40(27-32-53(49)58)38-13-5-3-6-14-38/h3-35H,1-2H3/i1D3,2D3. The van der Waals surface area contributed by atoms with Crippen molar-refractivity contribution in [2.45, 2.75) is 19.1 Å². The highest BCUT2D eigenvalue weighted by Gasteiger charge is 2.46. The van der Waals surface area contributed by atoms with Crippen molar-refractivity contribution in [2.75, 3.05) is 0 Å². The van der Waals surface area contributed by atoms with Gasteiger partial charge in [-0.2, -0.15) is 0 Å². The third kappa shape index (κ3) is 4.87. The zero-order chi connectivity index (χ0) is 44.2. The van der Waals surface area contributed by atoms with Gasteiger partial charge in [-0.1, -0.05) is 187 Å². The molecule has 9 aromatic carbocycles. The van der Waals surface area contributed by atoms with Gasteiger partial charge in [0.2, 0.25) is 0 Å². The Hall–Kier alpha value is -7.42. The van der Waals surface area contributed by atoms with Gasteiger partial charge in [0.25, 0.3) is 0 Å². The highest BCUT2D eigenvalue weighted by Crippen LogP contribution is 2.56. The summed E-state index contributed by atoms with van der Waals surface area (Å²) >= 11 is 0. The second-order valence-corrected chi connectivity index (χ2v) is 15.6. The van der Waals surface area contributed by atoms with Crippen molar-refractivity contribution >= 4 is 43.7 Å². The molecule has 0 bridgehead atoms. The van der Waals surface area contributed by atoms with E-state index in [1.54, 1.807) is 24.3 Å². The van der Waals surface area contributed by atoms with Gasteiger partial charge >= 0.3 is 0 Å². The number of furan rings is 1. The molecule has 0 atom stereocenters. The topological polar surface area (TPSA) is 18.1 Å². The van der Waals surface area contributed by atoms with Crippen LogP contribution in [-0.2, 0) is 5.41 Å². The first kappa shape index (κ1) is 28.1. The molecule has 1 aliphatic rings. The van der Waals surface area contributed by atoms with Crippen LogP contribution in [-0.4, -0.2) is 4.57 Å². The Balaban J connectivity index is 1.04. The van der Waals surface area contributed by atoms with E-state index in [4.69, 9.17) is 12.6 Å². The van der Waals surface area contributed by atoms with Gasteiger partial charge in [0.1, 0.15) is 5.58 Å². The molecule has 59 heavy (non-hydrogen) atoms. The van der Waals surface area contributed by atoms with Gasteiger partial charge in [-0.25, -0.2) is 0 Å². The van der Waals surface area contributed by atoms with Crippen molar-refractivity contribution in [3.05, 3.63) is 234 Å². The molecule has 0 aliphatic heterocycles. The van der Waals surface area contributed by atoms with Crippen LogP contribution in [0.2, 0.25) is 0 Å². The summed E-state index contributed by atoms with van der Waals surface area (Å²) in [7, 11) is 0. The molecule has 11 aromatic rings. The number of hydrogen-bond acceptors (Lipinski definition) is 1. The monoisotopic (exact) mass is 759 g/mol. The Morgan fingerprint density at radius 1 is 0.407 bits per heavy atom. The van der Waals surface area contributed by atoms with Crippen LogP contribution in [0, 0.1) is 13.7 Å². The molecule has 2 aromatic heterocycles. The van der Waals surface area contributed by atoms with E-state index in [2.05, 4.69) is 132 Å². The fourth-order valence-corrected chi connectivity index (χ4v) is 9.95. The van der Waals surface area contributed by atoms with Crippen LogP contribution in [0.4, 0.5) is 0 Å². The first-order valence-electron chi connectivity index (χ1n) is 23.0. The molecule has 0 unspecified atom stereocenters. The lowest BCUT2D eigenvalue weighted by Crippen LogP contribution is -2.28. The highest BCUT2D eigenvalue weighted by atomic mass is 16.3. The van der Waals surface area contributed by atoms with Crippen molar-refractivity contribution in [1.82, 2.24) is 4.57 Å². The third-order valence-corrected chi connectivity index (χ3v) is 12.5. The van der Waals surface area contributed by atoms with E-state index in [9.17, 15) is 0 Å². The minimum atomic E-state index is -2.35. The Bertz CT molecular complexity index is 3610. The maximum Gasteiger partial charge on any atom is 0.159 e. The quantitative estimate of drug-likeness (QED) is 0.171. The number of rotatable bonds is 5. The minimum absolute atomic E-state index is 0.228. The Kier molecular flexibility index (Phi) is 6.08. The van der Waals surface area contributed by atoms with Crippen LogP contribution in [0.5, 0.6) is 0 Å². The molecular formula is C57H39NO. The van der Waals surface area contributed by atoms with Gasteiger partial charge in [0, 0.05) is 35.3 Å². The van der Waals surface area contributed by atoms with Crippen molar-refractivity contribution < 1.29 is 12.6 Å². The van der Waals surface area contributed by atoms with E-state index in [1.165, 1.54) is 16.3 Å². The lowest BCUT2D eigenvalue weighted by atomic mass is 9.67. The predicted molar refractivity (Wildman–Crippen MR) is 246 cm³/mol. The molecule has 0 radical (unpaired) electrons. The maximum atomic E-state index is 8.39. The van der Waals surface area contributed by atoms with Crippen LogP contribution < -0.4 is 0 Å². The van der Waals surface area contributed by atoms with Crippen molar-refractivity contribution in [2.24, 2.45) is 0 Å². The molecule has 0 saturated heterocycles. The molecule has 0 amide bonds. The lowest BCUT2D eigenvalue weighted by Gasteiger charge is -2.34. The van der Waals surface area contributed by atoms with Crippen molar-refractivity contribution in [3.8, 4) is 39.1 Å². The van der Waals surface area contributed by atoms with E-state index in [0.717, 1.165) is 88.7 Å². The van der Waals surface area contributed by atoms with Gasteiger partial charge in [-0.3, -0.25) is 0 Å². The molecule has 0 spiro atoms. The van der Waals surface area contributed by atoms with E-state index in [0.29, 0.717) is 0 Å². The first-order chi connectivity index (χ1) is 31.5. The third-order valence-electron chi connectivity index (χ3n) is 12.5. The fourth-order valence-electron chi connectivity index (χ4n) is 9.95. The van der Waals surface area contributed by atoms with Crippen LogP contribution in [0.15, 0.2) is 205 Å². The first-order valence-corrected chi connectivity index (χ1v) is 20.0. The summed E-state index contributed by atoms with van der Waals surface area (Å²) in [6.45, 7) is -4.70. The molecule has 12 rings (SSSR count). The van der Waals surface area contributed by atoms with Crippen LogP contribution in [0.25, 0.3) is 82.8 Å². The Labute approximate surface area is 351 Å². The summed E-state index contributed by atoms with van der Waals surface area (Å²) in [6, 6.07) is 67.4. The number of aromatic nitrogens is 1. The largest absolute Gasteiger partial charge is 0.453 e. The summed E-state index contributed by atoms with van der Waals surface area (Å²) in [5, 5.41) is 4.35. The van der Waals surface area contributed by atoms with Crippen LogP contribution in [0.3, 0.4) is 0 Å². The summed E-state index contributed by atoms with van der Waals surface area (Å²) < 4.78 is 59.7. The van der Waals surface area contributed by atoms with E-state index in [1.807, 2.05) is 48.5 Å². The molecule has 278 valence electrons. The minimum Gasteiger partial charge on any atom is -0.453 e. The Morgan fingerprint density at radius 2 is 1.00 bits per heavy atom. The van der Waals surface area contributed by atoms with Crippen LogP contribution >= 0.6 is 0 Å². The van der Waals surface area contributed by atoms with Gasteiger partial charge in [-0.05, 0) is 88.0 Å². The van der Waals surface area contributed by atoms with E-state index >= 15 is 0 Å². The second kappa shape index (κ2) is 12.8. The number of hydrogen-bond donors (Lipinski definition) is 0. The molecule has 2 heteroatoms. The molecule has 0 N–H and O–H groups in total. The number of nitrogens with zero attached hydrogens (tertiary/aromatic N) is 1. The highest BCUT2D eigenvalue weighted by molar-refractivity contribution is 6.15. The predicted octanol–water partition coefficient (Wildman–Crippen LogP) is 15.0. The van der Waals surface area contributed by atoms with E-state index in [-0.39, 0.29) is 11.1 Å². The fraction of sp³-hybridized carbons (Fsp3) is 0.0526. The summed E-state index contributed by atoms with van der Waals surface area (Å²) in [4.78, 5) is 0. The summed E-state index contributed by atoms with van der Waals surface area (Å²) in [6.07, 6.45) is 0. The SMILES string of the molecule is [2H]C([2H])([2H])c1ccc2c(c1)C(c1ccccc1)(c1ccc(-c3cccc4c3oc3c(-n5c6ccccc6c6cc(-c7ccccc7)ccc65)cccc34)cc1)c1cc(C([2H])([2H])[2H])ccc1-2. The second-order valence-electron chi connectivity index (χ2n) is 15.6. The smallest absolute Gasteiger partial charge is 0.159 e.